The van der Waals surface area contributed by atoms with E-state index >= 15 is 0 Å². The molecule has 0 saturated carbocycles. The number of nitrogens with two attached hydrogens (primary N) is 1. The van der Waals surface area contributed by atoms with E-state index in [0.717, 1.165) is 5.75 Å². The Balaban J connectivity index is 2.38. The lowest BCUT2D eigenvalue weighted by Gasteiger charge is -2.31. The van der Waals surface area contributed by atoms with Crippen LogP contribution < -0.4 is 11.1 Å². The van der Waals surface area contributed by atoms with Crippen LogP contribution in [0.2, 0.25) is 0 Å². The van der Waals surface area contributed by atoms with Crippen molar-refractivity contribution in [2.24, 2.45) is 5.73 Å². The Hall–Kier alpha value is -0.765. The third kappa shape index (κ3) is 5.70. The van der Waals surface area contributed by atoms with E-state index in [0.29, 0.717) is 19.3 Å². The smallest absolute Gasteiger partial charge is 0.478 e. The van der Waals surface area contributed by atoms with Crippen LogP contribution in [0.5, 0.6) is 0 Å². The van der Waals surface area contributed by atoms with Gasteiger partial charge in [0.2, 0.25) is 5.91 Å². The van der Waals surface area contributed by atoms with Crippen molar-refractivity contribution in [3.63, 3.8) is 0 Å². The number of carboxylic acids is 1. The predicted octanol–water partition coefficient (Wildman–Crippen LogP) is -0.775. The summed E-state index contributed by atoms with van der Waals surface area (Å²) >= 11 is 1.61. The molecule has 0 aromatic rings. The molecule has 1 aliphatic rings. The monoisotopic (exact) mass is 304 g/mol. The van der Waals surface area contributed by atoms with Gasteiger partial charge in [0, 0.05) is 0 Å². The van der Waals surface area contributed by atoms with E-state index in [4.69, 9.17) is 15.5 Å². The molecule has 1 fully saturated rings. The van der Waals surface area contributed by atoms with E-state index in [1.54, 1.807) is 11.8 Å². The number of carbonyl (C=O) groups excluding carboxylic acids is 1. The second kappa shape index (κ2) is 8.51. The fourth-order valence-electron chi connectivity index (χ4n) is 2.02. The molecule has 114 valence electrons. The Morgan fingerprint density at radius 3 is 2.80 bits per heavy atom. The number of rotatable bonds is 7. The van der Waals surface area contributed by atoms with Gasteiger partial charge >= 0.3 is 13.1 Å². The molecule has 1 aliphatic heterocycles. The Morgan fingerprint density at radius 1 is 1.55 bits per heavy atom. The molecule has 9 heteroatoms. The van der Waals surface area contributed by atoms with E-state index in [1.165, 1.54) is 0 Å². The third-order valence-electron chi connectivity index (χ3n) is 3.18. The molecule has 20 heavy (non-hydrogen) atoms. The molecule has 1 rings (SSSR count). The summed E-state index contributed by atoms with van der Waals surface area (Å²) in [4.78, 5) is 22.4. The van der Waals surface area contributed by atoms with Gasteiger partial charge < -0.3 is 25.8 Å². The number of nitrogens with one attached hydrogen (secondary N) is 1. The lowest BCUT2D eigenvalue weighted by Crippen LogP contribution is -2.56. The van der Waals surface area contributed by atoms with Crippen LogP contribution in [0.4, 0.5) is 0 Å². The van der Waals surface area contributed by atoms with Crippen molar-refractivity contribution < 1.29 is 24.4 Å². The highest BCUT2D eigenvalue weighted by Crippen LogP contribution is 2.18. The minimum Gasteiger partial charge on any atom is -0.481 e. The first kappa shape index (κ1) is 17.3. The average molecular weight is 304 g/mol. The number of hydrogen-bond donors (Lipinski definition) is 4. The zero-order valence-electron chi connectivity index (χ0n) is 11.4. The van der Waals surface area contributed by atoms with Crippen LogP contribution in [0, 0.1) is 0 Å². The lowest BCUT2D eigenvalue weighted by molar-refractivity contribution is -0.139. The molecule has 0 aliphatic carbocycles. The van der Waals surface area contributed by atoms with Crippen LogP contribution in [0.1, 0.15) is 25.7 Å². The van der Waals surface area contributed by atoms with Crippen LogP contribution in [0.15, 0.2) is 0 Å². The summed E-state index contributed by atoms with van der Waals surface area (Å²) in [6.07, 6.45) is 2.80. The SMILES string of the molecule is CSCCC(N)C(=O)N[C@H]1CC[C@@H](CC(=O)O)OB1O. The fourth-order valence-corrected chi connectivity index (χ4v) is 2.51. The maximum Gasteiger partial charge on any atom is 0.478 e. The highest BCUT2D eigenvalue weighted by molar-refractivity contribution is 7.98. The summed E-state index contributed by atoms with van der Waals surface area (Å²) < 4.78 is 5.19. The number of amides is 1. The summed E-state index contributed by atoms with van der Waals surface area (Å²) in [7, 11) is -1.19. The normalized spacial score (nSPS) is 24.2. The van der Waals surface area contributed by atoms with Gasteiger partial charge in [-0.2, -0.15) is 11.8 Å². The summed E-state index contributed by atoms with van der Waals surface area (Å²) in [5.41, 5.74) is 5.73. The van der Waals surface area contributed by atoms with E-state index in [9.17, 15) is 14.6 Å². The number of carbonyl (C=O) groups is 2. The minimum atomic E-state index is -1.19. The fraction of sp³-hybridized carbons (Fsp3) is 0.818. The van der Waals surface area contributed by atoms with Gasteiger partial charge in [0.05, 0.1) is 24.5 Å². The van der Waals surface area contributed by atoms with Gasteiger partial charge in [-0.25, -0.2) is 0 Å². The Kier molecular flexibility index (Phi) is 7.35. The van der Waals surface area contributed by atoms with Crippen LogP contribution in [-0.2, 0) is 14.2 Å². The zero-order valence-corrected chi connectivity index (χ0v) is 12.3. The van der Waals surface area contributed by atoms with E-state index in [2.05, 4.69) is 5.32 Å². The van der Waals surface area contributed by atoms with Gasteiger partial charge in [0.1, 0.15) is 0 Å². The quantitative estimate of drug-likeness (QED) is 0.455. The average Bonchev–Trinajstić information content (AvgIpc) is 2.38. The van der Waals surface area contributed by atoms with Crippen LogP contribution >= 0.6 is 11.8 Å². The van der Waals surface area contributed by atoms with Gasteiger partial charge in [-0.15, -0.1) is 0 Å². The van der Waals surface area contributed by atoms with E-state index in [-0.39, 0.29) is 12.3 Å². The van der Waals surface area contributed by atoms with Crippen molar-refractivity contribution in [2.75, 3.05) is 12.0 Å². The summed E-state index contributed by atoms with van der Waals surface area (Å²) in [6.45, 7) is 0. The van der Waals surface area contributed by atoms with Crippen molar-refractivity contribution in [3.8, 4) is 0 Å². The molecule has 7 nitrogen and oxygen atoms in total. The largest absolute Gasteiger partial charge is 0.481 e. The Morgan fingerprint density at radius 2 is 2.25 bits per heavy atom. The molecule has 1 heterocycles. The van der Waals surface area contributed by atoms with Gasteiger partial charge in [-0.3, -0.25) is 9.59 Å². The standard InChI is InChI=1S/C11H21BN2O5S/c1-20-5-4-8(13)11(17)14-9-3-2-7(6-10(15)16)19-12(9)18/h7-9,18H,2-6,13H2,1H3,(H,14,17)(H,15,16)/t7-,8?,9-/m0/s1. The molecule has 3 atom stereocenters. The number of aliphatic carboxylic acids is 1. The molecule has 0 aromatic carbocycles. The van der Waals surface area contributed by atoms with Gasteiger partial charge in [-0.1, -0.05) is 0 Å². The lowest BCUT2D eigenvalue weighted by atomic mass is 9.72. The second-order valence-corrected chi connectivity index (χ2v) is 5.81. The van der Waals surface area contributed by atoms with Crippen LogP contribution in [0.3, 0.4) is 0 Å². The van der Waals surface area contributed by atoms with Crippen molar-refractivity contribution in [2.45, 2.75) is 43.8 Å². The maximum absolute atomic E-state index is 11.8. The zero-order chi connectivity index (χ0) is 15.1. The molecule has 1 amide bonds. The van der Waals surface area contributed by atoms with Gasteiger partial charge in [0.25, 0.3) is 0 Å². The van der Waals surface area contributed by atoms with Crippen molar-refractivity contribution in [1.82, 2.24) is 5.32 Å². The Labute approximate surface area is 122 Å². The summed E-state index contributed by atoms with van der Waals surface area (Å²) in [6, 6.07) is -0.605. The van der Waals surface area contributed by atoms with Crippen molar-refractivity contribution in [3.05, 3.63) is 0 Å². The minimum absolute atomic E-state index is 0.148. The maximum atomic E-state index is 11.8. The molecular formula is C11H21BN2O5S. The first-order valence-corrected chi connectivity index (χ1v) is 7.93. The molecule has 0 aromatic heterocycles. The molecule has 0 bridgehead atoms. The van der Waals surface area contributed by atoms with Gasteiger partial charge in [0.15, 0.2) is 0 Å². The summed E-state index contributed by atoms with van der Waals surface area (Å²) in [5.74, 6) is -1.03. The molecule has 5 N–H and O–H groups in total. The van der Waals surface area contributed by atoms with Crippen LogP contribution in [-0.4, -0.2) is 59.2 Å². The topological polar surface area (TPSA) is 122 Å². The van der Waals surface area contributed by atoms with E-state index < -0.39 is 31.2 Å². The molecule has 1 saturated heterocycles. The number of hydrogen-bond acceptors (Lipinski definition) is 6. The molecular weight excluding hydrogens is 283 g/mol. The van der Waals surface area contributed by atoms with Crippen molar-refractivity contribution in [1.29, 1.82) is 0 Å². The Bertz CT molecular complexity index is 347. The molecule has 1 unspecified atom stereocenters. The molecule has 0 radical (unpaired) electrons. The van der Waals surface area contributed by atoms with Crippen molar-refractivity contribution >= 4 is 30.8 Å². The second-order valence-electron chi connectivity index (χ2n) is 4.83. The first-order valence-electron chi connectivity index (χ1n) is 6.54. The first-order chi connectivity index (χ1) is 9.43. The summed E-state index contributed by atoms with van der Waals surface area (Å²) in [5, 5.41) is 21.1. The third-order valence-corrected chi connectivity index (χ3v) is 3.82. The van der Waals surface area contributed by atoms with Crippen LogP contribution in [0.25, 0.3) is 0 Å². The van der Waals surface area contributed by atoms with Gasteiger partial charge in [-0.05, 0) is 31.3 Å². The predicted molar refractivity (Wildman–Crippen MR) is 77.2 cm³/mol. The molecule has 0 spiro atoms. The highest BCUT2D eigenvalue weighted by atomic mass is 32.2. The number of carboxylic acid groups (broad SMARTS) is 1. The van der Waals surface area contributed by atoms with E-state index in [1.807, 2.05) is 6.26 Å². The highest BCUT2D eigenvalue weighted by Gasteiger charge is 2.37. The number of thioether (sulfide) groups is 1.